The molecule has 5 nitrogen and oxygen atoms in total. The second-order valence-electron chi connectivity index (χ2n) is 4.23. The summed E-state index contributed by atoms with van der Waals surface area (Å²) in [4.78, 5) is 13.9. The maximum atomic E-state index is 12.1. The van der Waals surface area contributed by atoms with Crippen molar-refractivity contribution in [2.45, 2.75) is 12.5 Å². The third-order valence-electron chi connectivity index (χ3n) is 2.98. The van der Waals surface area contributed by atoms with Gasteiger partial charge in [0.25, 0.3) is 0 Å². The van der Waals surface area contributed by atoms with Crippen molar-refractivity contribution in [1.29, 1.82) is 0 Å². The van der Waals surface area contributed by atoms with Crippen molar-refractivity contribution < 1.29 is 14.6 Å². The number of nitrogens with one attached hydrogen (secondary N) is 1. The molecule has 0 aromatic heterocycles. The zero-order valence-electron chi connectivity index (χ0n) is 10.2. The van der Waals surface area contributed by atoms with Gasteiger partial charge in [-0.2, -0.15) is 0 Å². The largest absolute Gasteiger partial charge is 0.396 e. The fraction of sp³-hybridized carbons (Fsp3) is 0.462. The third kappa shape index (κ3) is 3.21. The molecule has 1 aliphatic rings. The van der Waals surface area contributed by atoms with Gasteiger partial charge < -0.3 is 20.1 Å². The number of aliphatic hydroxyl groups excluding tert-OH is 1. The van der Waals surface area contributed by atoms with Crippen LogP contribution in [0.3, 0.4) is 0 Å². The van der Waals surface area contributed by atoms with E-state index in [0.717, 1.165) is 5.69 Å². The molecule has 0 unspecified atom stereocenters. The van der Waals surface area contributed by atoms with Gasteiger partial charge in [0, 0.05) is 18.8 Å². The van der Waals surface area contributed by atoms with Crippen molar-refractivity contribution in [3.05, 3.63) is 30.3 Å². The Hall–Kier alpha value is -1.59. The van der Waals surface area contributed by atoms with Crippen molar-refractivity contribution in [2.75, 3.05) is 31.7 Å². The number of urea groups is 1. The lowest BCUT2D eigenvalue weighted by Gasteiger charge is -2.35. The summed E-state index contributed by atoms with van der Waals surface area (Å²) in [5.41, 5.74) is 0.775. The summed E-state index contributed by atoms with van der Waals surface area (Å²) in [6, 6.07) is 9.16. The Bertz CT molecular complexity index is 381. The topological polar surface area (TPSA) is 61.8 Å². The van der Waals surface area contributed by atoms with E-state index in [2.05, 4.69) is 5.32 Å². The van der Waals surface area contributed by atoms with Crippen LogP contribution in [0.25, 0.3) is 0 Å². The van der Waals surface area contributed by atoms with Crippen LogP contribution < -0.4 is 5.32 Å². The molecule has 1 aromatic carbocycles. The number of carbonyl (C=O) groups excluding carboxylic acids is 1. The molecule has 98 valence electrons. The first-order valence-corrected chi connectivity index (χ1v) is 6.12. The molecular formula is C13H18N2O3. The van der Waals surface area contributed by atoms with Crippen molar-refractivity contribution in [2.24, 2.45) is 0 Å². The van der Waals surface area contributed by atoms with Crippen LogP contribution in [0.15, 0.2) is 30.3 Å². The Morgan fingerprint density at radius 1 is 1.44 bits per heavy atom. The van der Waals surface area contributed by atoms with Gasteiger partial charge in [-0.15, -0.1) is 0 Å². The molecule has 2 rings (SSSR count). The van der Waals surface area contributed by atoms with Gasteiger partial charge in [-0.25, -0.2) is 4.79 Å². The standard InChI is InChI=1S/C13H18N2O3/c16-8-6-12-10-18-9-7-15(12)13(17)14-11-4-2-1-3-5-11/h1-5,12,16H,6-10H2,(H,14,17)/t12-/m1/s1. The molecule has 0 spiro atoms. The number of ether oxygens (including phenoxy) is 1. The maximum absolute atomic E-state index is 12.1. The van der Waals surface area contributed by atoms with Crippen LogP contribution in [0.2, 0.25) is 0 Å². The van der Waals surface area contributed by atoms with Crippen LogP contribution in [0.5, 0.6) is 0 Å². The SMILES string of the molecule is O=C(Nc1ccccc1)N1CCOC[C@H]1CCO. The van der Waals surface area contributed by atoms with E-state index in [1.807, 2.05) is 30.3 Å². The normalized spacial score (nSPS) is 19.6. The number of morpholine rings is 1. The van der Waals surface area contributed by atoms with Gasteiger partial charge in [0.2, 0.25) is 0 Å². The Morgan fingerprint density at radius 3 is 2.94 bits per heavy atom. The second-order valence-corrected chi connectivity index (χ2v) is 4.23. The number of benzene rings is 1. The average molecular weight is 250 g/mol. The lowest BCUT2D eigenvalue weighted by molar-refractivity contribution is 0.00728. The number of nitrogens with zero attached hydrogens (tertiary/aromatic N) is 1. The fourth-order valence-corrected chi connectivity index (χ4v) is 2.03. The Balaban J connectivity index is 1.98. The first kappa shape index (κ1) is 12.9. The van der Waals surface area contributed by atoms with Gasteiger partial charge in [0.15, 0.2) is 0 Å². The molecule has 0 saturated carbocycles. The second kappa shape index (κ2) is 6.37. The highest BCUT2D eigenvalue weighted by Gasteiger charge is 2.26. The summed E-state index contributed by atoms with van der Waals surface area (Å²) in [6.07, 6.45) is 0.544. The fourth-order valence-electron chi connectivity index (χ4n) is 2.03. The average Bonchev–Trinajstić information content (AvgIpc) is 2.41. The first-order valence-electron chi connectivity index (χ1n) is 6.12. The first-order chi connectivity index (χ1) is 8.81. The number of rotatable bonds is 3. The van der Waals surface area contributed by atoms with Gasteiger partial charge in [-0.05, 0) is 18.6 Å². The van der Waals surface area contributed by atoms with Gasteiger partial charge in [-0.1, -0.05) is 18.2 Å². The van der Waals surface area contributed by atoms with Gasteiger partial charge in [0.05, 0.1) is 19.3 Å². The number of anilines is 1. The Kier molecular flexibility index (Phi) is 4.55. The molecule has 0 radical (unpaired) electrons. The maximum Gasteiger partial charge on any atom is 0.322 e. The van der Waals surface area contributed by atoms with E-state index >= 15 is 0 Å². The molecule has 1 fully saturated rings. The van der Waals surface area contributed by atoms with Gasteiger partial charge in [-0.3, -0.25) is 0 Å². The van der Waals surface area contributed by atoms with Crippen molar-refractivity contribution >= 4 is 11.7 Å². The Morgan fingerprint density at radius 2 is 2.22 bits per heavy atom. The monoisotopic (exact) mass is 250 g/mol. The quantitative estimate of drug-likeness (QED) is 0.850. The number of amides is 2. The molecule has 0 aliphatic carbocycles. The molecule has 1 saturated heterocycles. The van der Waals surface area contributed by atoms with Crippen molar-refractivity contribution in [3.63, 3.8) is 0 Å². The summed E-state index contributed by atoms with van der Waals surface area (Å²) in [6.45, 7) is 1.65. The van der Waals surface area contributed by atoms with Crippen LogP contribution in [-0.4, -0.2) is 48.4 Å². The minimum Gasteiger partial charge on any atom is -0.396 e. The molecule has 18 heavy (non-hydrogen) atoms. The minimum atomic E-state index is -0.136. The van der Waals surface area contributed by atoms with E-state index in [1.165, 1.54) is 0 Å². The summed E-state index contributed by atoms with van der Waals surface area (Å²) in [7, 11) is 0. The zero-order valence-corrected chi connectivity index (χ0v) is 10.2. The summed E-state index contributed by atoms with van der Waals surface area (Å²) < 4.78 is 5.33. The summed E-state index contributed by atoms with van der Waals surface area (Å²) in [5, 5.41) is 11.8. The van der Waals surface area contributed by atoms with E-state index in [9.17, 15) is 4.79 Å². The van der Waals surface area contributed by atoms with E-state index in [1.54, 1.807) is 4.90 Å². The van der Waals surface area contributed by atoms with E-state index in [-0.39, 0.29) is 18.7 Å². The van der Waals surface area contributed by atoms with Gasteiger partial charge in [0.1, 0.15) is 0 Å². The number of hydrogen-bond donors (Lipinski definition) is 2. The number of carbonyl (C=O) groups is 1. The van der Waals surface area contributed by atoms with Crippen molar-refractivity contribution in [3.8, 4) is 0 Å². The van der Waals surface area contributed by atoms with E-state index < -0.39 is 0 Å². The Labute approximate surface area is 106 Å². The van der Waals surface area contributed by atoms with Crippen LogP contribution in [0, 0.1) is 0 Å². The molecule has 5 heteroatoms. The van der Waals surface area contributed by atoms with E-state index in [4.69, 9.17) is 9.84 Å². The number of para-hydroxylation sites is 1. The molecule has 2 amide bonds. The van der Waals surface area contributed by atoms with Crippen LogP contribution in [0.4, 0.5) is 10.5 Å². The minimum absolute atomic E-state index is 0.0486. The number of hydrogen-bond acceptors (Lipinski definition) is 3. The lowest BCUT2D eigenvalue weighted by atomic mass is 10.2. The van der Waals surface area contributed by atoms with Crippen molar-refractivity contribution in [1.82, 2.24) is 4.90 Å². The molecular weight excluding hydrogens is 232 g/mol. The third-order valence-corrected chi connectivity index (χ3v) is 2.98. The molecule has 1 aromatic rings. The molecule has 1 heterocycles. The highest BCUT2D eigenvalue weighted by Crippen LogP contribution is 2.13. The smallest absolute Gasteiger partial charge is 0.322 e. The van der Waals surface area contributed by atoms with Crippen LogP contribution >= 0.6 is 0 Å². The molecule has 0 bridgehead atoms. The van der Waals surface area contributed by atoms with E-state index in [0.29, 0.717) is 26.2 Å². The van der Waals surface area contributed by atoms with Crippen LogP contribution in [-0.2, 0) is 4.74 Å². The highest BCUT2D eigenvalue weighted by molar-refractivity contribution is 5.89. The number of aliphatic hydroxyl groups is 1. The molecule has 1 atom stereocenters. The highest BCUT2D eigenvalue weighted by atomic mass is 16.5. The molecule has 1 aliphatic heterocycles. The molecule has 2 N–H and O–H groups in total. The van der Waals surface area contributed by atoms with Crippen LogP contribution in [0.1, 0.15) is 6.42 Å². The zero-order chi connectivity index (χ0) is 12.8. The summed E-state index contributed by atoms with van der Waals surface area (Å²) >= 11 is 0. The predicted molar refractivity (Wildman–Crippen MR) is 68.5 cm³/mol. The van der Waals surface area contributed by atoms with Gasteiger partial charge >= 0.3 is 6.03 Å². The predicted octanol–water partition coefficient (Wildman–Crippen LogP) is 1.30. The lowest BCUT2D eigenvalue weighted by Crippen LogP contribution is -2.50. The summed E-state index contributed by atoms with van der Waals surface area (Å²) in [5.74, 6) is 0.